The number of halogens is 1. The molecule has 0 aliphatic rings. The summed E-state index contributed by atoms with van der Waals surface area (Å²) in [5.74, 6) is -1.53. The first kappa shape index (κ1) is 14.9. The van der Waals surface area contributed by atoms with Gasteiger partial charge >= 0.3 is 12.0 Å². The summed E-state index contributed by atoms with van der Waals surface area (Å²) in [4.78, 5) is 22.6. The van der Waals surface area contributed by atoms with Crippen molar-refractivity contribution in [2.75, 3.05) is 11.9 Å². The van der Waals surface area contributed by atoms with E-state index in [-0.39, 0.29) is 12.2 Å². The zero-order valence-corrected chi connectivity index (χ0v) is 10.9. The summed E-state index contributed by atoms with van der Waals surface area (Å²) in [5.41, 5.74) is -0.986. The molecule has 0 bridgehead atoms. The lowest BCUT2D eigenvalue weighted by Gasteiger charge is -2.23. The van der Waals surface area contributed by atoms with E-state index in [1.807, 2.05) is 0 Å². The van der Waals surface area contributed by atoms with Gasteiger partial charge in [-0.05, 0) is 25.5 Å². The first-order valence-electron chi connectivity index (χ1n) is 5.92. The lowest BCUT2D eigenvalue weighted by Crippen LogP contribution is -2.42. The number of para-hydroxylation sites is 1. The van der Waals surface area contributed by atoms with E-state index >= 15 is 0 Å². The van der Waals surface area contributed by atoms with Crippen LogP contribution in [-0.4, -0.2) is 23.7 Å². The van der Waals surface area contributed by atoms with Gasteiger partial charge in [0.15, 0.2) is 0 Å². The van der Waals surface area contributed by atoms with Gasteiger partial charge in [-0.1, -0.05) is 19.1 Å². The standard InChI is InChI=1S/C13H17FN2O3/c1-3-13(2,11(17)18)8-15-12(19)16-10-7-5-4-6-9(10)14/h4-7H,3,8H2,1-2H3,(H,17,18)(H2,15,16,19). The van der Waals surface area contributed by atoms with Gasteiger partial charge in [-0.15, -0.1) is 0 Å². The molecule has 3 N–H and O–H groups in total. The Labute approximate surface area is 110 Å². The smallest absolute Gasteiger partial charge is 0.319 e. The summed E-state index contributed by atoms with van der Waals surface area (Å²) in [6.45, 7) is 3.24. The average molecular weight is 268 g/mol. The summed E-state index contributed by atoms with van der Waals surface area (Å²) in [6, 6.07) is 5.11. The van der Waals surface area contributed by atoms with Crippen molar-refractivity contribution in [2.45, 2.75) is 20.3 Å². The molecule has 0 radical (unpaired) electrons. The molecule has 0 spiro atoms. The lowest BCUT2D eigenvalue weighted by molar-refractivity contribution is -0.147. The normalized spacial score (nSPS) is 13.4. The summed E-state index contributed by atoms with van der Waals surface area (Å²) in [6.07, 6.45) is 0.377. The van der Waals surface area contributed by atoms with E-state index < -0.39 is 23.2 Å². The quantitative estimate of drug-likeness (QED) is 0.767. The molecule has 1 atom stereocenters. The highest BCUT2D eigenvalue weighted by atomic mass is 19.1. The van der Waals surface area contributed by atoms with Gasteiger partial charge in [0.05, 0.1) is 11.1 Å². The molecule has 0 aliphatic carbocycles. The second-order valence-corrected chi connectivity index (χ2v) is 4.51. The molecule has 0 saturated carbocycles. The molecule has 5 nitrogen and oxygen atoms in total. The Morgan fingerprint density at radius 3 is 2.53 bits per heavy atom. The minimum absolute atomic E-state index is 0.0287. The number of benzene rings is 1. The maximum atomic E-state index is 13.3. The maximum absolute atomic E-state index is 13.3. The third kappa shape index (κ3) is 3.94. The summed E-state index contributed by atoms with van der Waals surface area (Å²) >= 11 is 0. The number of hydrogen-bond donors (Lipinski definition) is 3. The number of carbonyl (C=O) groups excluding carboxylic acids is 1. The summed E-state index contributed by atoms with van der Waals surface area (Å²) in [7, 11) is 0. The van der Waals surface area contributed by atoms with Crippen LogP contribution in [0.25, 0.3) is 0 Å². The lowest BCUT2D eigenvalue weighted by atomic mass is 9.88. The predicted octanol–water partition coefficient (Wildman–Crippen LogP) is 2.45. The van der Waals surface area contributed by atoms with E-state index in [2.05, 4.69) is 10.6 Å². The monoisotopic (exact) mass is 268 g/mol. The average Bonchev–Trinajstić information content (AvgIpc) is 2.38. The predicted molar refractivity (Wildman–Crippen MR) is 69.5 cm³/mol. The molecule has 0 heterocycles. The number of urea groups is 1. The Hall–Kier alpha value is -2.11. The molecule has 0 aromatic heterocycles. The van der Waals surface area contributed by atoms with Gasteiger partial charge in [0, 0.05) is 6.54 Å². The van der Waals surface area contributed by atoms with Gasteiger partial charge in [0.1, 0.15) is 5.82 Å². The third-order valence-corrected chi connectivity index (χ3v) is 3.06. The van der Waals surface area contributed by atoms with Crippen LogP contribution < -0.4 is 10.6 Å². The number of carbonyl (C=O) groups is 2. The van der Waals surface area contributed by atoms with Crippen molar-refractivity contribution in [1.29, 1.82) is 0 Å². The van der Waals surface area contributed by atoms with Crippen LogP contribution in [0.1, 0.15) is 20.3 Å². The van der Waals surface area contributed by atoms with Gasteiger partial charge < -0.3 is 15.7 Å². The van der Waals surface area contributed by atoms with Gasteiger partial charge in [0.2, 0.25) is 0 Å². The molecule has 1 rings (SSSR count). The second kappa shape index (κ2) is 6.17. The Morgan fingerprint density at radius 2 is 2.00 bits per heavy atom. The van der Waals surface area contributed by atoms with Crippen LogP contribution in [0.5, 0.6) is 0 Å². The molecule has 1 aromatic carbocycles. The molecular weight excluding hydrogens is 251 g/mol. The molecule has 0 fully saturated rings. The number of hydrogen-bond acceptors (Lipinski definition) is 2. The van der Waals surface area contributed by atoms with Crippen molar-refractivity contribution < 1.29 is 19.1 Å². The zero-order valence-electron chi connectivity index (χ0n) is 10.9. The van der Waals surface area contributed by atoms with Crippen LogP contribution in [0, 0.1) is 11.2 Å². The van der Waals surface area contributed by atoms with Crippen molar-refractivity contribution in [3.63, 3.8) is 0 Å². The third-order valence-electron chi connectivity index (χ3n) is 3.06. The largest absolute Gasteiger partial charge is 0.481 e. The van der Waals surface area contributed by atoms with Crippen LogP contribution in [0.4, 0.5) is 14.9 Å². The number of carboxylic acids is 1. The minimum Gasteiger partial charge on any atom is -0.481 e. The molecule has 6 heteroatoms. The number of nitrogens with one attached hydrogen (secondary N) is 2. The molecule has 0 saturated heterocycles. The highest BCUT2D eigenvalue weighted by molar-refractivity contribution is 5.89. The minimum atomic E-state index is -1.04. The van der Waals surface area contributed by atoms with Gasteiger partial charge in [0.25, 0.3) is 0 Å². The number of anilines is 1. The molecule has 19 heavy (non-hydrogen) atoms. The maximum Gasteiger partial charge on any atom is 0.319 e. The van der Waals surface area contributed by atoms with Crippen molar-refractivity contribution in [3.05, 3.63) is 30.1 Å². The van der Waals surface area contributed by atoms with Crippen molar-refractivity contribution in [2.24, 2.45) is 5.41 Å². The van der Waals surface area contributed by atoms with Crippen LogP contribution in [0.2, 0.25) is 0 Å². The number of rotatable bonds is 5. The van der Waals surface area contributed by atoms with Crippen molar-refractivity contribution in [3.8, 4) is 0 Å². The van der Waals surface area contributed by atoms with E-state index in [0.717, 1.165) is 0 Å². The molecule has 1 aromatic rings. The second-order valence-electron chi connectivity index (χ2n) is 4.51. The van der Waals surface area contributed by atoms with Crippen molar-refractivity contribution >= 4 is 17.7 Å². The van der Waals surface area contributed by atoms with E-state index in [1.165, 1.54) is 18.2 Å². The molecule has 2 amide bonds. The van der Waals surface area contributed by atoms with E-state index in [4.69, 9.17) is 5.11 Å². The van der Waals surface area contributed by atoms with Crippen LogP contribution in [-0.2, 0) is 4.79 Å². The fraction of sp³-hybridized carbons (Fsp3) is 0.385. The molecule has 104 valence electrons. The highest BCUT2D eigenvalue weighted by Gasteiger charge is 2.31. The summed E-state index contributed by atoms with van der Waals surface area (Å²) < 4.78 is 13.3. The Kier molecular flexibility index (Phi) is 4.86. The first-order chi connectivity index (χ1) is 8.89. The Balaban J connectivity index is 2.58. The van der Waals surface area contributed by atoms with E-state index in [1.54, 1.807) is 19.9 Å². The van der Waals surface area contributed by atoms with Crippen molar-refractivity contribution in [1.82, 2.24) is 5.32 Å². The van der Waals surface area contributed by atoms with Crippen LogP contribution in [0.3, 0.4) is 0 Å². The topological polar surface area (TPSA) is 78.4 Å². The summed E-state index contributed by atoms with van der Waals surface area (Å²) in [5, 5.41) is 13.8. The van der Waals surface area contributed by atoms with Gasteiger partial charge in [-0.3, -0.25) is 4.79 Å². The number of amides is 2. The number of aliphatic carboxylic acids is 1. The fourth-order valence-corrected chi connectivity index (χ4v) is 1.36. The molecule has 0 aliphatic heterocycles. The van der Waals surface area contributed by atoms with E-state index in [9.17, 15) is 14.0 Å². The Bertz CT molecular complexity index is 479. The molecule has 1 unspecified atom stereocenters. The van der Waals surface area contributed by atoms with Gasteiger partial charge in [-0.2, -0.15) is 0 Å². The first-order valence-corrected chi connectivity index (χ1v) is 5.92. The highest BCUT2D eigenvalue weighted by Crippen LogP contribution is 2.20. The van der Waals surface area contributed by atoms with E-state index in [0.29, 0.717) is 6.42 Å². The fourth-order valence-electron chi connectivity index (χ4n) is 1.36. The molecular formula is C13H17FN2O3. The SMILES string of the molecule is CCC(C)(CNC(=O)Nc1ccccc1F)C(=O)O. The van der Waals surface area contributed by atoms with Gasteiger partial charge in [-0.25, -0.2) is 9.18 Å². The zero-order chi connectivity index (χ0) is 14.5. The van der Waals surface area contributed by atoms with Crippen LogP contribution >= 0.6 is 0 Å². The van der Waals surface area contributed by atoms with Crippen LogP contribution in [0.15, 0.2) is 24.3 Å². The Morgan fingerprint density at radius 1 is 1.37 bits per heavy atom. The number of carboxylic acid groups (broad SMARTS) is 1.